The van der Waals surface area contributed by atoms with Crippen molar-refractivity contribution in [2.24, 2.45) is 0 Å². The van der Waals surface area contributed by atoms with Gasteiger partial charge in [0.25, 0.3) is 0 Å². The van der Waals surface area contributed by atoms with Crippen LogP contribution >= 0.6 is 0 Å². The highest BCUT2D eigenvalue weighted by Crippen LogP contribution is 2.72. The summed E-state index contributed by atoms with van der Waals surface area (Å²) >= 11 is -8.89. The second-order valence-corrected chi connectivity index (χ2v) is 18.9. The minimum Gasteiger partial charge on any atom is -0.212 e. The van der Waals surface area contributed by atoms with Crippen molar-refractivity contribution in [1.29, 1.82) is 0 Å². The molecule has 0 aromatic heterocycles. The summed E-state index contributed by atoms with van der Waals surface area (Å²) in [5, 5.41) is 0. The highest BCUT2D eigenvalue weighted by Gasteiger charge is 2.69. The molecule has 4 aromatic rings. The monoisotopic (exact) mass is 919 g/mol. The van der Waals surface area contributed by atoms with Crippen molar-refractivity contribution in [2.75, 3.05) is 0 Å². The zero-order chi connectivity index (χ0) is 45.3. The van der Waals surface area contributed by atoms with E-state index in [1.165, 1.54) is 0 Å². The number of fused-ring (bicyclic) bond motifs is 4. The lowest BCUT2D eigenvalue weighted by Gasteiger charge is -2.54. The van der Waals surface area contributed by atoms with Crippen LogP contribution in [-0.2, 0) is 0 Å². The van der Waals surface area contributed by atoms with E-state index in [4.69, 9.17) is 0 Å². The van der Waals surface area contributed by atoms with Gasteiger partial charge in [0.1, 0.15) is 23.3 Å². The van der Waals surface area contributed by atoms with E-state index in [2.05, 4.69) is 0 Å². The summed E-state index contributed by atoms with van der Waals surface area (Å²) in [5.41, 5.74) is -21.7. The van der Waals surface area contributed by atoms with Gasteiger partial charge in [0.05, 0.1) is 22.3 Å². The largest absolute Gasteiger partial charge is 0.212 e. The SMILES string of the molecule is FC1=C(F)[CH]([Al-]([CH]2C(F)=C(F)c3c(F)c(F)c(F)c(F)c32)([CH]2C(F)=C(F)c3c(F)c(F)c(F)c(F)c32)[CH]2C(F)=C(F)c3c(F)c(F)c(F)c(F)c32)c2c(F)c(F)c(F)c(F)c21. The summed E-state index contributed by atoms with van der Waals surface area (Å²) < 4.78 is 359. The average Bonchev–Trinajstić information content (AvgIpc) is 3.86. The summed E-state index contributed by atoms with van der Waals surface area (Å²) in [7, 11) is 0. The lowest BCUT2D eigenvalue weighted by atomic mass is 10.1. The van der Waals surface area contributed by atoms with E-state index >= 15 is 87.8 Å². The van der Waals surface area contributed by atoms with Crippen LogP contribution in [0.25, 0.3) is 23.3 Å². The maximum atomic E-state index is 17.0. The van der Waals surface area contributed by atoms with E-state index < -0.39 is 216 Å². The molecule has 320 valence electrons. The van der Waals surface area contributed by atoms with E-state index in [0.29, 0.717) is 0 Å². The molecule has 25 heteroatoms. The molecule has 4 aliphatic rings. The molecule has 4 aliphatic carbocycles. The van der Waals surface area contributed by atoms with E-state index in [0.717, 1.165) is 0 Å². The Morgan fingerprint density at radius 3 is 0.508 bits per heavy atom. The van der Waals surface area contributed by atoms with Gasteiger partial charge in [-0.05, 0) is 22.3 Å². The highest BCUT2D eigenvalue weighted by atomic mass is 27.2. The molecule has 0 heterocycles. The molecule has 0 nitrogen and oxygen atoms in total. The standard InChI is InChI=1S/4C9HF6.Al/c4*10-3-1-2-4(6(3)12)7(13)9(15)8(14)5(2)11;/h4*1H;/q;;;;-1. The molecule has 0 bridgehead atoms. The van der Waals surface area contributed by atoms with Crippen LogP contribution in [0.2, 0.25) is 0 Å². The van der Waals surface area contributed by atoms with E-state index in [1.54, 1.807) is 0 Å². The minimum atomic E-state index is -8.89. The fraction of sp³-hybridized carbons (Fsp3) is 0.111. The third kappa shape index (κ3) is 4.76. The van der Waals surface area contributed by atoms with Gasteiger partial charge >= 0.3 is 0 Å². The Morgan fingerprint density at radius 1 is 0.197 bits per heavy atom. The smallest absolute Gasteiger partial charge is 0.207 e. The molecule has 8 rings (SSSR count). The quantitative estimate of drug-likeness (QED) is 0.0828. The van der Waals surface area contributed by atoms with Gasteiger partial charge in [-0.2, -0.15) is 0 Å². The van der Waals surface area contributed by atoms with Crippen molar-refractivity contribution in [3.8, 4) is 0 Å². The Bertz CT molecular complexity index is 2550. The third-order valence-electron chi connectivity index (χ3n) is 11.6. The first-order chi connectivity index (χ1) is 28.3. The molecule has 0 saturated heterocycles. The molecular formula is C36H4AlF24-. The van der Waals surface area contributed by atoms with Crippen LogP contribution in [0.5, 0.6) is 0 Å². The van der Waals surface area contributed by atoms with E-state index in [1.807, 2.05) is 0 Å². The van der Waals surface area contributed by atoms with Crippen LogP contribution in [0.1, 0.15) is 63.6 Å². The zero-order valence-electron chi connectivity index (χ0n) is 28.0. The van der Waals surface area contributed by atoms with Crippen LogP contribution in [-0.4, -0.2) is 13.1 Å². The fourth-order valence-corrected chi connectivity index (χ4v) is 18.0. The van der Waals surface area contributed by atoms with Crippen LogP contribution in [0.3, 0.4) is 0 Å². The molecule has 61 heavy (non-hydrogen) atoms. The van der Waals surface area contributed by atoms with Gasteiger partial charge in [0.15, 0.2) is 116 Å². The van der Waals surface area contributed by atoms with Gasteiger partial charge < -0.3 is 0 Å². The third-order valence-corrected chi connectivity index (χ3v) is 18.7. The molecule has 4 aromatic carbocycles. The van der Waals surface area contributed by atoms with Crippen molar-refractivity contribution in [2.45, 2.75) is 19.1 Å². The van der Waals surface area contributed by atoms with Crippen molar-refractivity contribution in [3.05, 3.63) is 161 Å². The summed E-state index contributed by atoms with van der Waals surface area (Å²) in [6.07, 6.45) is 0. The lowest BCUT2D eigenvalue weighted by molar-refractivity contribution is 0.396. The maximum absolute atomic E-state index is 17.0. The number of allylic oxidation sites excluding steroid dienone is 4. The van der Waals surface area contributed by atoms with Crippen molar-refractivity contribution >= 4 is 36.4 Å². The van der Waals surface area contributed by atoms with Gasteiger partial charge in [0.2, 0.25) is 13.1 Å². The Balaban J connectivity index is 1.75. The highest BCUT2D eigenvalue weighted by molar-refractivity contribution is 6.88. The molecule has 0 radical (unpaired) electrons. The number of hydrogen-bond acceptors (Lipinski definition) is 0. The van der Waals surface area contributed by atoms with Crippen LogP contribution in [0.15, 0.2) is 23.3 Å². The normalized spacial score (nSPS) is 21.6. The Kier molecular flexibility index (Phi) is 9.27. The predicted octanol–water partition coefficient (Wildman–Crippen LogP) is 13.4. The predicted molar refractivity (Wildman–Crippen MR) is 158 cm³/mol. The second-order valence-electron chi connectivity index (χ2n) is 13.9. The Morgan fingerprint density at radius 2 is 0.344 bits per heavy atom. The molecule has 0 spiro atoms. The van der Waals surface area contributed by atoms with Crippen molar-refractivity contribution < 1.29 is 105 Å². The maximum Gasteiger partial charge on any atom is 0.207 e. The molecule has 0 N–H and O–H groups in total. The summed E-state index contributed by atoms with van der Waals surface area (Å²) in [6, 6.07) is 0. The van der Waals surface area contributed by atoms with Gasteiger partial charge in [-0.1, -0.05) is 19.1 Å². The summed E-state index contributed by atoms with van der Waals surface area (Å²) in [6.45, 7) is 0. The molecule has 4 atom stereocenters. The number of hydrogen-bond donors (Lipinski definition) is 0. The Labute approximate surface area is 321 Å². The molecule has 0 fully saturated rings. The second kappa shape index (κ2) is 13.3. The van der Waals surface area contributed by atoms with Gasteiger partial charge in [-0.15, -0.1) is 0 Å². The summed E-state index contributed by atoms with van der Waals surface area (Å²) in [5.74, 6) is -77.5. The average molecular weight is 919 g/mol. The minimum absolute atomic E-state index is 2.68. The molecule has 0 aliphatic heterocycles. The first-order valence-corrected chi connectivity index (χ1v) is 18.8. The summed E-state index contributed by atoms with van der Waals surface area (Å²) in [4.78, 5) is 0. The Hall–Kier alpha value is -5.31. The molecular weight excluding hydrogens is 915 g/mol. The molecule has 4 unspecified atom stereocenters. The topological polar surface area (TPSA) is 0 Å². The van der Waals surface area contributed by atoms with Gasteiger partial charge in [0, 0.05) is 0 Å². The van der Waals surface area contributed by atoms with Crippen molar-refractivity contribution in [1.82, 2.24) is 0 Å². The first kappa shape index (κ1) is 42.4. The zero-order valence-corrected chi connectivity index (χ0v) is 29.1. The van der Waals surface area contributed by atoms with Crippen LogP contribution in [0.4, 0.5) is 105 Å². The van der Waals surface area contributed by atoms with Crippen LogP contribution in [0, 0.1) is 93.1 Å². The van der Waals surface area contributed by atoms with Gasteiger partial charge in [-0.25, -0.2) is 105 Å². The van der Waals surface area contributed by atoms with Crippen molar-refractivity contribution in [3.63, 3.8) is 0 Å². The van der Waals surface area contributed by atoms with E-state index in [-0.39, 0.29) is 0 Å². The first-order valence-electron chi connectivity index (χ1n) is 16.2. The van der Waals surface area contributed by atoms with E-state index in [9.17, 15) is 17.6 Å². The van der Waals surface area contributed by atoms with Crippen LogP contribution < -0.4 is 0 Å². The number of benzene rings is 4. The fourth-order valence-electron chi connectivity index (χ4n) is 9.47. The molecule has 0 saturated carbocycles. The lowest BCUT2D eigenvalue weighted by Crippen LogP contribution is -2.59. The van der Waals surface area contributed by atoms with Gasteiger partial charge in [-0.3, -0.25) is 0 Å². The molecule has 0 amide bonds. The number of rotatable bonds is 4. The number of halogens is 24.